The minimum atomic E-state index is -0.520. The van der Waals surface area contributed by atoms with Gasteiger partial charge in [0, 0.05) is 13.0 Å². The molecule has 4 nitrogen and oxygen atoms in total. The summed E-state index contributed by atoms with van der Waals surface area (Å²) in [5.74, 6) is -0.250. The quantitative estimate of drug-likeness (QED) is 0.0768. The summed E-state index contributed by atoms with van der Waals surface area (Å²) in [7, 11) is 0. The van der Waals surface area contributed by atoms with Crippen LogP contribution in [0.1, 0.15) is 174 Å². The van der Waals surface area contributed by atoms with Crippen LogP contribution < -0.4 is 0 Å². The zero-order chi connectivity index (χ0) is 26.4. The van der Waals surface area contributed by atoms with Crippen molar-refractivity contribution in [3.05, 3.63) is 0 Å². The number of aliphatic hydroxyl groups is 1. The summed E-state index contributed by atoms with van der Waals surface area (Å²) in [6.45, 7) is 5.04. The van der Waals surface area contributed by atoms with Gasteiger partial charge in [-0.2, -0.15) is 0 Å². The first-order valence-corrected chi connectivity index (χ1v) is 16.1. The Kier molecular flexibility index (Phi) is 30.1. The van der Waals surface area contributed by atoms with Crippen molar-refractivity contribution >= 4 is 5.97 Å². The predicted octanol–water partition coefficient (Wildman–Crippen LogP) is 9.70. The van der Waals surface area contributed by atoms with Crippen LogP contribution in [-0.2, 0) is 14.3 Å². The lowest BCUT2D eigenvalue weighted by Crippen LogP contribution is -2.27. The number of esters is 1. The van der Waals surface area contributed by atoms with E-state index < -0.39 is 6.10 Å². The van der Waals surface area contributed by atoms with Gasteiger partial charge in [0.15, 0.2) is 0 Å². The van der Waals surface area contributed by atoms with Crippen LogP contribution in [0.4, 0.5) is 0 Å². The highest BCUT2D eigenvalue weighted by atomic mass is 16.6. The fraction of sp³-hybridized carbons (Fsp3) is 0.969. The van der Waals surface area contributed by atoms with E-state index in [0.29, 0.717) is 19.6 Å². The number of hydrogen-bond acceptors (Lipinski definition) is 4. The van der Waals surface area contributed by atoms with Crippen molar-refractivity contribution in [1.29, 1.82) is 0 Å². The Labute approximate surface area is 225 Å². The maximum absolute atomic E-state index is 11.5. The normalized spacial score (nSPS) is 12.2. The van der Waals surface area contributed by atoms with E-state index in [1.807, 2.05) is 6.92 Å². The number of carbonyl (C=O) groups is 1. The number of carbonyl (C=O) groups excluding carboxylic acids is 1. The fourth-order valence-electron chi connectivity index (χ4n) is 4.78. The van der Waals surface area contributed by atoms with E-state index in [1.165, 1.54) is 141 Å². The SMILES string of the molecule is CCCCCCCCCCCCCCCCCCCCCCCCCOCC(CO)OC(=O)CCC. The zero-order valence-electron chi connectivity index (χ0n) is 24.5. The molecule has 0 aromatic carbocycles. The third kappa shape index (κ3) is 28.0. The van der Waals surface area contributed by atoms with Crippen LogP contribution in [0.5, 0.6) is 0 Å². The second-order valence-electron chi connectivity index (χ2n) is 10.9. The molecule has 0 amide bonds. The van der Waals surface area contributed by atoms with Gasteiger partial charge in [0.25, 0.3) is 0 Å². The van der Waals surface area contributed by atoms with Crippen LogP contribution in [0.15, 0.2) is 0 Å². The summed E-state index contributed by atoms with van der Waals surface area (Å²) >= 11 is 0. The summed E-state index contributed by atoms with van der Waals surface area (Å²) in [6, 6.07) is 0. The highest BCUT2D eigenvalue weighted by Gasteiger charge is 2.12. The number of rotatable bonds is 30. The van der Waals surface area contributed by atoms with Crippen LogP contribution >= 0.6 is 0 Å². The molecule has 1 N–H and O–H groups in total. The second kappa shape index (κ2) is 30.6. The van der Waals surface area contributed by atoms with Crippen LogP contribution in [0.3, 0.4) is 0 Å². The lowest BCUT2D eigenvalue weighted by Gasteiger charge is -2.15. The molecule has 0 saturated carbocycles. The van der Waals surface area contributed by atoms with Gasteiger partial charge < -0.3 is 14.6 Å². The molecule has 4 heteroatoms. The summed E-state index contributed by atoms with van der Waals surface area (Å²) in [5, 5.41) is 9.27. The molecular weight excluding hydrogens is 448 g/mol. The smallest absolute Gasteiger partial charge is 0.306 e. The lowest BCUT2D eigenvalue weighted by atomic mass is 10.0. The average molecular weight is 513 g/mol. The van der Waals surface area contributed by atoms with Crippen molar-refractivity contribution < 1.29 is 19.4 Å². The molecule has 0 aliphatic rings. The third-order valence-electron chi connectivity index (χ3n) is 7.15. The van der Waals surface area contributed by atoms with Gasteiger partial charge in [0.1, 0.15) is 6.10 Å². The van der Waals surface area contributed by atoms with E-state index in [1.54, 1.807) is 0 Å². The molecule has 0 radical (unpaired) electrons. The molecule has 0 aromatic rings. The van der Waals surface area contributed by atoms with Crippen molar-refractivity contribution in [1.82, 2.24) is 0 Å². The van der Waals surface area contributed by atoms with Gasteiger partial charge in [-0.15, -0.1) is 0 Å². The Bertz CT molecular complexity index is 426. The third-order valence-corrected chi connectivity index (χ3v) is 7.15. The van der Waals surface area contributed by atoms with Gasteiger partial charge in [-0.25, -0.2) is 0 Å². The molecule has 36 heavy (non-hydrogen) atoms. The zero-order valence-corrected chi connectivity index (χ0v) is 24.5. The fourth-order valence-corrected chi connectivity index (χ4v) is 4.78. The summed E-state index contributed by atoms with van der Waals surface area (Å²) in [4.78, 5) is 11.5. The molecule has 0 saturated heterocycles. The molecule has 1 atom stereocenters. The van der Waals surface area contributed by atoms with Crippen LogP contribution in [0.25, 0.3) is 0 Å². The Balaban J connectivity index is 3.17. The maximum atomic E-state index is 11.5. The van der Waals surface area contributed by atoms with Gasteiger partial charge >= 0.3 is 5.97 Å². The minimum absolute atomic E-state index is 0.172. The van der Waals surface area contributed by atoms with Crippen LogP contribution in [-0.4, -0.2) is 37.0 Å². The topological polar surface area (TPSA) is 55.8 Å². The summed E-state index contributed by atoms with van der Waals surface area (Å²) < 4.78 is 10.8. The number of hydrogen-bond donors (Lipinski definition) is 1. The highest BCUT2D eigenvalue weighted by Crippen LogP contribution is 2.15. The number of ether oxygens (including phenoxy) is 2. The van der Waals surface area contributed by atoms with E-state index >= 15 is 0 Å². The molecule has 0 spiro atoms. The second-order valence-corrected chi connectivity index (χ2v) is 10.9. The van der Waals surface area contributed by atoms with Crippen molar-refractivity contribution in [2.24, 2.45) is 0 Å². The van der Waals surface area contributed by atoms with Gasteiger partial charge in [0.2, 0.25) is 0 Å². The largest absolute Gasteiger partial charge is 0.457 e. The molecule has 0 fully saturated rings. The molecule has 0 bridgehead atoms. The Morgan fingerprint density at radius 2 is 0.917 bits per heavy atom. The molecule has 216 valence electrons. The predicted molar refractivity (Wildman–Crippen MR) is 155 cm³/mol. The first-order valence-electron chi connectivity index (χ1n) is 16.1. The Morgan fingerprint density at radius 1 is 0.556 bits per heavy atom. The van der Waals surface area contributed by atoms with E-state index in [4.69, 9.17) is 9.47 Å². The molecular formula is C32H64O4. The Hall–Kier alpha value is -0.610. The first kappa shape index (κ1) is 35.4. The molecule has 0 aliphatic carbocycles. The summed E-state index contributed by atoms with van der Waals surface area (Å²) in [5.41, 5.74) is 0. The van der Waals surface area contributed by atoms with Gasteiger partial charge in [-0.3, -0.25) is 4.79 Å². The van der Waals surface area contributed by atoms with Crippen molar-refractivity contribution in [2.75, 3.05) is 19.8 Å². The van der Waals surface area contributed by atoms with Crippen molar-refractivity contribution in [2.45, 2.75) is 180 Å². The first-order chi connectivity index (χ1) is 17.7. The Morgan fingerprint density at radius 3 is 1.25 bits per heavy atom. The molecule has 1 unspecified atom stereocenters. The average Bonchev–Trinajstić information content (AvgIpc) is 2.88. The van der Waals surface area contributed by atoms with E-state index in [-0.39, 0.29) is 12.6 Å². The van der Waals surface area contributed by atoms with Gasteiger partial charge in [-0.05, 0) is 12.8 Å². The van der Waals surface area contributed by atoms with Crippen molar-refractivity contribution in [3.8, 4) is 0 Å². The molecule has 0 aromatic heterocycles. The maximum Gasteiger partial charge on any atom is 0.306 e. The van der Waals surface area contributed by atoms with Crippen molar-refractivity contribution in [3.63, 3.8) is 0 Å². The van der Waals surface area contributed by atoms with Crippen LogP contribution in [0.2, 0.25) is 0 Å². The number of unbranched alkanes of at least 4 members (excludes halogenated alkanes) is 22. The van der Waals surface area contributed by atoms with Crippen LogP contribution in [0, 0.1) is 0 Å². The summed E-state index contributed by atoms with van der Waals surface area (Å²) in [6.07, 6.45) is 32.7. The lowest BCUT2D eigenvalue weighted by molar-refractivity contribution is -0.154. The number of aliphatic hydroxyl groups excluding tert-OH is 1. The van der Waals surface area contributed by atoms with Gasteiger partial charge in [-0.1, -0.05) is 155 Å². The highest BCUT2D eigenvalue weighted by molar-refractivity contribution is 5.69. The standard InChI is InChI=1S/C32H64O4/c1-3-5-6-7-8-9-10-11-12-13-14-15-16-17-18-19-20-21-22-23-24-25-26-28-35-30-31(29-33)36-32(34)27-4-2/h31,33H,3-30H2,1-2H3. The monoisotopic (exact) mass is 512 g/mol. The molecule has 0 rings (SSSR count). The molecule has 0 aliphatic heterocycles. The van der Waals surface area contributed by atoms with E-state index in [2.05, 4.69) is 6.92 Å². The minimum Gasteiger partial charge on any atom is -0.457 e. The van der Waals surface area contributed by atoms with Gasteiger partial charge in [0.05, 0.1) is 13.2 Å². The van der Waals surface area contributed by atoms with E-state index in [9.17, 15) is 9.90 Å². The molecule has 0 heterocycles. The van der Waals surface area contributed by atoms with E-state index in [0.717, 1.165) is 12.8 Å².